The fraction of sp³-hybridized carbons (Fsp3) is 0.571. The molecule has 0 aliphatic carbocycles. The number of guanidine groups is 1. The summed E-state index contributed by atoms with van der Waals surface area (Å²) >= 11 is 0. The van der Waals surface area contributed by atoms with Crippen LogP contribution >= 0.6 is 0 Å². The van der Waals surface area contributed by atoms with Crippen LogP contribution in [-0.4, -0.2) is 49.5 Å². The van der Waals surface area contributed by atoms with E-state index < -0.39 is 0 Å². The smallest absolute Gasteiger partial charge is 0.310 e. The predicted molar refractivity (Wildman–Crippen MR) is 111 cm³/mol. The summed E-state index contributed by atoms with van der Waals surface area (Å²) in [4.78, 5) is 30.3. The largest absolute Gasteiger partial charge is 0.466 e. The second-order valence-corrected chi connectivity index (χ2v) is 7.28. The quantitative estimate of drug-likeness (QED) is 0.445. The van der Waals surface area contributed by atoms with E-state index in [0.29, 0.717) is 19.7 Å². The number of esters is 1. The third kappa shape index (κ3) is 6.25. The molecule has 0 bridgehead atoms. The maximum absolute atomic E-state index is 12.0. The molecule has 154 valence electrons. The molecule has 1 atom stereocenters. The van der Waals surface area contributed by atoms with Crippen molar-refractivity contribution in [2.75, 3.05) is 32.1 Å². The molecule has 1 unspecified atom stereocenters. The van der Waals surface area contributed by atoms with Crippen molar-refractivity contribution in [2.24, 2.45) is 16.8 Å². The van der Waals surface area contributed by atoms with Gasteiger partial charge in [0.15, 0.2) is 5.96 Å². The maximum Gasteiger partial charge on any atom is 0.310 e. The topological polar surface area (TPSA) is 83.0 Å². The summed E-state index contributed by atoms with van der Waals surface area (Å²) in [5.41, 5.74) is 1.88. The number of anilines is 1. The van der Waals surface area contributed by atoms with E-state index in [9.17, 15) is 9.59 Å². The summed E-state index contributed by atoms with van der Waals surface area (Å²) < 4.78 is 5.17. The molecule has 28 heavy (non-hydrogen) atoms. The van der Waals surface area contributed by atoms with Crippen LogP contribution in [0.2, 0.25) is 0 Å². The zero-order valence-electron chi connectivity index (χ0n) is 17.3. The number of ether oxygens (including phenoxy) is 1. The number of benzene rings is 1. The van der Waals surface area contributed by atoms with E-state index in [4.69, 9.17) is 4.74 Å². The van der Waals surface area contributed by atoms with Gasteiger partial charge in [-0.25, -0.2) is 0 Å². The van der Waals surface area contributed by atoms with E-state index in [2.05, 4.69) is 20.5 Å². The van der Waals surface area contributed by atoms with E-state index in [1.165, 1.54) is 0 Å². The second-order valence-electron chi connectivity index (χ2n) is 7.28. The summed E-state index contributed by atoms with van der Waals surface area (Å²) in [7, 11) is 1.75. The standard InChI is InChI=1S/C21H32N4O3/c1-5-28-20(27)17-7-6-12-25(14-17)21(22-4)23-13-16-8-10-18(11-9-16)24-19(26)15(2)3/h8-11,15,17H,5-7,12-14H2,1-4H3,(H,22,23)(H,24,26). The molecule has 7 nitrogen and oxygen atoms in total. The number of carbonyl (C=O) groups excluding carboxylic acids is 2. The van der Waals surface area contributed by atoms with Gasteiger partial charge in [-0.3, -0.25) is 14.6 Å². The Kier molecular flexibility index (Phi) is 8.29. The highest BCUT2D eigenvalue weighted by atomic mass is 16.5. The molecule has 1 heterocycles. The first-order valence-corrected chi connectivity index (χ1v) is 9.96. The summed E-state index contributed by atoms with van der Waals surface area (Å²) in [6, 6.07) is 7.76. The lowest BCUT2D eigenvalue weighted by atomic mass is 9.98. The van der Waals surface area contributed by atoms with Crippen molar-refractivity contribution in [3.8, 4) is 0 Å². The molecule has 1 aromatic rings. The number of piperidine rings is 1. The van der Waals surface area contributed by atoms with E-state index in [1.54, 1.807) is 7.05 Å². The van der Waals surface area contributed by atoms with Crippen LogP contribution in [-0.2, 0) is 20.9 Å². The number of hydrogen-bond acceptors (Lipinski definition) is 4. The molecule has 1 fully saturated rings. The minimum Gasteiger partial charge on any atom is -0.466 e. The summed E-state index contributed by atoms with van der Waals surface area (Å²) in [5.74, 6) is 0.518. The average Bonchev–Trinajstić information content (AvgIpc) is 2.70. The Morgan fingerprint density at radius 1 is 1.29 bits per heavy atom. The molecular formula is C21H32N4O3. The predicted octanol–water partition coefficient (Wildman–Crippen LogP) is 2.63. The van der Waals surface area contributed by atoms with E-state index in [0.717, 1.165) is 36.6 Å². The molecule has 2 N–H and O–H groups in total. The van der Waals surface area contributed by atoms with Gasteiger partial charge < -0.3 is 20.3 Å². The third-order valence-corrected chi connectivity index (χ3v) is 4.75. The van der Waals surface area contributed by atoms with Gasteiger partial charge >= 0.3 is 5.97 Å². The van der Waals surface area contributed by atoms with Crippen LogP contribution in [0.15, 0.2) is 29.3 Å². The molecule has 0 aromatic heterocycles. The average molecular weight is 389 g/mol. The lowest BCUT2D eigenvalue weighted by Crippen LogP contribution is -2.48. The first kappa shape index (κ1) is 21.7. The molecule has 7 heteroatoms. The molecule has 0 spiro atoms. The Bertz CT molecular complexity index is 685. The second kappa shape index (κ2) is 10.7. The maximum atomic E-state index is 12.0. The molecule has 1 aliphatic heterocycles. The monoisotopic (exact) mass is 388 g/mol. The number of hydrogen-bond donors (Lipinski definition) is 2. The Morgan fingerprint density at radius 2 is 2.00 bits per heavy atom. The lowest BCUT2D eigenvalue weighted by molar-refractivity contribution is -0.149. The van der Waals surface area contributed by atoms with Crippen LogP contribution in [0.4, 0.5) is 5.69 Å². The summed E-state index contributed by atoms with van der Waals surface area (Å²) in [6.07, 6.45) is 1.80. The van der Waals surface area contributed by atoms with Crippen LogP contribution in [0.1, 0.15) is 39.2 Å². The molecular weight excluding hydrogens is 356 g/mol. The Balaban J connectivity index is 1.89. The molecule has 0 saturated carbocycles. The first-order chi connectivity index (χ1) is 13.4. The molecule has 1 saturated heterocycles. The van der Waals surface area contributed by atoms with Gasteiger partial charge in [0.1, 0.15) is 0 Å². The van der Waals surface area contributed by atoms with Gasteiger partial charge in [-0.1, -0.05) is 26.0 Å². The summed E-state index contributed by atoms with van der Waals surface area (Å²) in [5, 5.41) is 6.25. The fourth-order valence-corrected chi connectivity index (χ4v) is 3.13. The molecule has 1 amide bonds. The van der Waals surface area contributed by atoms with Crippen LogP contribution in [0, 0.1) is 11.8 Å². The van der Waals surface area contributed by atoms with Crippen molar-refractivity contribution >= 4 is 23.5 Å². The van der Waals surface area contributed by atoms with Gasteiger partial charge in [-0.2, -0.15) is 0 Å². The Hall–Kier alpha value is -2.57. The number of nitrogens with zero attached hydrogens (tertiary/aromatic N) is 2. The number of nitrogens with one attached hydrogen (secondary N) is 2. The SMILES string of the molecule is CCOC(=O)C1CCCN(C(=NC)NCc2ccc(NC(=O)C(C)C)cc2)C1. The minimum atomic E-state index is -0.123. The zero-order valence-corrected chi connectivity index (χ0v) is 17.3. The van der Waals surface area contributed by atoms with Crippen LogP contribution < -0.4 is 10.6 Å². The Labute approximate surface area is 167 Å². The number of carbonyl (C=O) groups is 2. The van der Waals surface area contributed by atoms with Crippen molar-refractivity contribution in [3.05, 3.63) is 29.8 Å². The highest BCUT2D eigenvalue weighted by Gasteiger charge is 2.28. The minimum absolute atomic E-state index is 0.00697. The van der Waals surface area contributed by atoms with Gasteiger partial charge in [-0.05, 0) is 37.5 Å². The first-order valence-electron chi connectivity index (χ1n) is 9.96. The molecule has 1 aromatic carbocycles. The highest BCUT2D eigenvalue weighted by molar-refractivity contribution is 5.92. The molecule has 2 rings (SSSR count). The van der Waals surface area contributed by atoms with Gasteiger partial charge in [0.05, 0.1) is 12.5 Å². The van der Waals surface area contributed by atoms with E-state index >= 15 is 0 Å². The van der Waals surface area contributed by atoms with Crippen LogP contribution in [0.3, 0.4) is 0 Å². The third-order valence-electron chi connectivity index (χ3n) is 4.75. The Morgan fingerprint density at radius 3 is 2.61 bits per heavy atom. The normalized spacial score (nSPS) is 17.4. The van der Waals surface area contributed by atoms with Gasteiger partial charge in [0.25, 0.3) is 0 Å². The van der Waals surface area contributed by atoms with Crippen molar-refractivity contribution in [1.29, 1.82) is 0 Å². The highest BCUT2D eigenvalue weighted by Crippen LogP contribution is 2.18. The summed E-state index contributed by atoms with van der Waals surface area (Å²) in [6.45, 7) is 8.09. The number of aliphatic imine (C=N–C) groups is 1. The number of likely N-dealkylation sites (tertiary alicyclic amines) is 1. The number of rotatable bonds is 6. The van der Waals surface area contributed by atoms with Gasteiger partial charge in [0.2, 0.25) is 5.91 Å². The number of amides is 1. The van der Waals surface area contributed by atoms with Gasteiger partial charge in [0, 0.05) is 38.3 Å². The van der Waals surface area contributed by atoms with Crippen molar-refractivity contribution < 1.29 is 14.3 Å². The lowest BCUT2D eigenvalue weighted by Gasteiger charge is -2.34. The zero-order chi connectivity index (χ0) is 20.5. The van der Waals surface area contributed by atoms with Crippen LogP contribution in [0.25, 0.3) is 0 Å². The van der Waals surface area contributed by atoms with Crippen molar-refractivity contribution in [2.45, 2.75) is 40.2 Å². The van der Waals surface area contributed by atoms with E-state index in [-0.39, 0.29) is 23.7 Å². The molecule has 0 radical (unpaired) electrons. The fourth-order valence-electron chi connectivity index (χ4n) is 3.13. The van der Waals surface area contributed by atoms with Crippen molar-refractivity contribution in [1.82, 2.24) is 10.2 Å². The van der Waals surface area contributed by atoms with Crippen molar-refractivity contribution in [3.63, 3.8) is 0 Å². The molecule has 1 aliphatic rings. The van der Waals surface area contributed by atoms with Gasteiger partial charge in [-0.15, -0.1) is 0 Å². The van der Waals surface area contributed by atoms with Crippen LogP contribution in [0.5, 0.6) is 0 Å². The van der Waals surface area contributed by atoms with E-state index in [1.807, 2.05) is 45.0 Å².